The number of pyridine rings is 1. The molecule has 0 amide bonds. The number of rotatable bonds is 5. The first kappa shape index (κ1) is 13.8. The van der Waals surface area contributed by atoms with Crippen molar-refractivity contribution in [1.82, 2.24) is 15.0 Å². The van der Waals surface area contributed by atoms with Crippen molar-refractivity contribution in [3.63, 3.8) is 0 Å². The Morgan fingerprint density at radius 3 is 2.79 bits per heavy atom. The van der Waals surface area contributed by atoms with Crippen molar-refractivity contribution in [3.05, 3.63) is 35.9 Å². The van der Waals surface area contributed by atoms with Gasteiger partial charge in [0.25, 0.3) is 0 Å². The molecule has 0 saturated heterocycles. The van der Waals surface area contributed by atoms with Gasteiger partial charge in [-0.05, 0) is 38.2 Å². The van der Waals surface area contributed by atoms with Crippen molar-refractivity contribution in [2.75, 3.05) is 11.1 Å². The van der Waals surface area contributed by atoms with E-state index in [1.54, 1.807) is 24.3 Å². The Kier molecular flexibility index (Phi) is 4.74. The largest absolute Gasteiger partial charge is 0.338 e. The van der Waals surface area contributed by atoms with Gasteiger partial charge in [-0.25, -0.2) is 9.97 Å². The third-order valence-electron chi connectivity index (χ3n) is 2.74. The van der Waals surface area contributed by atoms with Crippen molar-refractivity contribution in [3.8, 4) is 0 Å². The Labute approximate surface area is 118 Å². The lowest BCUT2D eigenvalue weighted by atomic mass is 10.3. The van der Waals surface area contributed by atoms with E-state index in [9.17, 15) is 0 Å². The summed E-state index contributed by atoms with van der Waals surface area (Å²) < 4.78 is 0. The predicted octanol–water partition coefficient (Wildman–Crippen LogP) is 3.73. The molecule has 2 heterocycles. The van der Waals surface area contributed by atoms with E-state index in [0.29, 0.717) is 0 Å². The summed E-state index contributed by atoms with van der Waals surface area (Å²) in [7, 11) is 0. The summed E-state index contributed by atoms with van der Waals surface area (Å²) in [5.74, 6) is 1.92. The van der Waals surface area contributed by atoms with E-state index in [1.807, 2.05) is 26.0 Å². The van der Waals surface area contributed by atoms with Crippen LogP contribution in [0.5, 0.6) is 0 Å². The molecule has 0 aromatic carbocycles. The van der Waals surface area contributed by atoms with E-state index in [-0.39, 0.29) is 0 Å². The highest BCUT2D eigenvalue weighted by Crippen LogP contribution is 2.26. The lowest BCUT2D eigenvalue weighted by molar-refractivity contribution is 1.000. The molecular formula is C14H18N4S. The van der Waals surface area contributed by atoms with Crippen LogP contribution in [0.25, 0.3) is 0 Å². The van der Waals surface area contributed by atoms with E-state index in [4.69, 9.17) is 0 Å². The minimum Gasteiger partial charge on any atom is -0.338 e. The molecule has 0 saturated carbocycles. The highest BCUT2D eigenvalue weighted by molar-refractivity contribution is 7.99. The van der Waals surface area contributed by atoms with Crippen molar-refractivity contribution < 1.29 is 0 Å². The highest BCUT2D eigenvalue weighted by atomic mass is 32.2. The maximum Gasteiger partial charge on any atom is 0.137 e. The molecule has 0 radical (unpaired) electrons. The van der Waals surface area contributed by atoms with Crippen molar-refractivity contribution in [2.24, 2.45) is 0 Å². The zero-order chi connectivity index (χ0) is 13.7. The quantitative estimate of drug-likeness (QED) is 0.665. The SMILES string of the molecule is CCCSc1ncnc(Nc2cccnc2C)c1C. The Balaban J connectivity index is 2.23. The van der Waals surface area contributed by atoms with Gasteiger partial charge in [-0.2, -0.15) is 0 Å². The number of nitrogens with one attached hydrogen (secondary N) is 1. The van der Waals surface area contributed by atoms with Crippen LogP contribution in [0.3, 0.4) is 0 Å². The topological polar surface area (TPSA) is 50.7 Å². The first-order valence-corrected chi connectivity index (χ1v) is 7.34. The lowest BCUT2D eigenvalue weighted by Gasteiger charge is -2.12. The van der Waals surface area contributed by atoms with Crippen molar-refractivity contribution >= 4 is 23.3 Å². The second kappa shape index (κ2) is 6.52. The molecule has 0 unspecified atom stereocenters. The van der Waals surface area contributed by atoms with Crippen LogP contribution in [-0.2, 0) is 0 Å². The zero-order valence-corrected chi connectivity index (χ0v) is 12.3. The molecule has 0 bridgehead atoms. The van der Waals surface area contributed by atoms with Crippen LogP contribution in [0.4, 0.5) is 11.5 Å². The zero-order valence-electron chi connectivity index (χ0n) is 11.5. The fourth-order valence-electron chi connectivity index (χ4n) is 1.65. The molecule has 4 nitrogen and oxygen atoms in total. The summed E-state index contributed by atoms with van der Waals surface area (Å²) in [6, 6.07) is 3.92. The first-order chi connectivity index (χ1) is 9.22. The van der Waals surface area contributed by atoms with E-state index in [2.05, 4.69) is 27.2 Å². The monoisotopic (exact) mass is 274 g/mol. The van der Waals surface area contributed by atoms with Gasteiger partial charge in [-0.3, -0.25) is 4.98 Å². The van der Waals surface area contributed by atoms with E-state index in [0.717, 1.165) is 40.0 Å². The minimum absolute atomic E-state index is 0.852. The van der Waals surface area contributed by atoms with Gasteiger partial charge in [0.2, 0.25) is 0 Å². The minimum atomic E-state index is 0.852. The van der Waals surface area contributed by atoms with Gasteiger partial charge in [0.05, 0.1) is 11.4 Å². The summed E-state index contributed by atoms with van der Waals surface area (Å²) >= 11 is 1.77. The molecule has 1 N–H and O–H groups in total. The summed E-state index contributed by atoms with van der Waals surface area (Å²) in [5, 5.41) is 4.37. The number of aromatic nitrogens is 3. The molecule has 5 heteroatoms. The second-order valence-corrected chi connectivity index (χ2v) is 5.35. The third-order valence-corrected chi connectivity index (χ3v) is 4.04. The first-order valence-electron chi connectivity index (χ1n) is 6.35. The number of thioether (sulfide) groups is 1. The normalized spacial score (nSPS) is 10.5. The molecule has 2 aromatic rings. The fraction of sp³-hybridized carbons (Fsp3) is 0.357. The Morgan fingerprint density at radius 1 is 1.21 bits per heavy atom. The molecule has 2 rings (SSSR count). The fourth-order valence-corrected chi connectivity index (χ4v) is 2.48. The standard InChI is InChI=1S/C14H18N4S/c1-4-8-19-14-10(2)13(16-9-17-14)18-12-6-5-7-15-11(12)3/h5-7,9H,4,8H2,1-3H3,(H,16,17,18). The van der Waals surface area contributed by atoms with E-state index < -0.39 is 0 Å². The molecule has 19 heavy (non-hydrogen) atoms. The van der Waals surface area contributed by atoms with Crippen LogP contribution in [0.15, 0.2) is 29.7 Å². The van der Waals surface area contributed by atoms with Gasteiger partial charge in [0, 0.05) is 11.8 Å². The average molecular weight is 274 g/mol. The van der Waals surface area contributed by atoms with Gasteiger partial charge >= 0.3 is 0 Å². The van der Waals surface area contributed by atoms with Crippen LogP contribution >= 0.6 is 11.8 Å². The molecular weight excluding hydrogens is 256 g/mol. The van der Waals surface area contributed by atoms with Crippen LogP contribution in [0.1, 0.15) is 24.6 Å². The molecule has 0 spiro atoms. The highest BCUT2D eigenvalue weighted by Gasteiger charge is 2.08. The summed E-state index contributed by atoms with van der Waals surface area (Å²) in [5.41, 5.74) is 3.03. The second-order valence-electron chi connectivity index (χ2n) is 4.26. The molecule has 0 aliphatic carbocycles. The summed E-state index contributed by atoms with van der Waals surface area (Å²) in [6.45, 7) is 6.19. The maximum absolute atomic E-state index is 4.34. The number of nitrogens with zero attached hydrogens (tertiary/aromatic N) is 3. The van der Waals surface area contributed by atoms with Gasteiger partial charge in [0.1, 0.15) is 17.2 Å². The average Bonchev–Trinajstić information content (AvgIpc) is 2.42. The molecule has 0 atom stereocenters. The summed E-state index contributed by atoms with van der Waals surface area (Å²) in [6.07, 6.45) is 4.54. The lowest BCUT2D eigenvalue weighted by Crippen LogP contribution is -2.01. The number of hydrogen-bond acceptors (Lipinski definition) is 5. The van der Waals surface area contributed by atoms with Crippen molar-refractivity contribution in [2.45, 2.75) is 32.2 Å². The van der Waals surface area contributed by atoms with Gasteiger partial charge in [0.15, 0.2) is 0 Å². The van der Waals surface area contributed by atoms with Gasteiger partial charge in [-0.15, -0.1) is 11.8 Å². The van der Waals surface area contributed by atoms with Gasteiger partial charge in [-0.1, -0.05) is 6.92 Å². The maximum atomic E-state index is 4.34. The van der Waals surface area contributed by atoms with E-state index >= 15 is 0 Å². The molecule has 2 aromatic heterocycles. The smallest absolute Gasteiger partial charge is 0.137 e. The third kappa shape index (κ3) is 3.44. The predicted molar refractivity (Wildman–Crippen MR) is 80.0 cm³/mol. The number of hydrogen-bond donors (Lipinski definition) is 1. The van der Waals surface area contributed by atoms with Crippen LogP contribution in [0, 0.1) is 13.8 Å². The Bertz CT molecular complexity index is 557. The molecule has 0 fully saturated rings. The van der Waals surface area contributed by atoms with Crippen molar-refractivity contribution in [1.29, 1.82) is 0 Å². The molecule has 0 aliphatic heterocycles. The number of aryl methyl sites for hydroxylation is 1. The van der Waals surface area contributed by atoms with Crippen LogP contribution < -0.4 is 5.32 Å². The molecule has 0 aliphatic rings. The number of anilines is 2. The van der Waals surface area contributed by atoms with E-state index in [1.165, 1.54) is 0 Å². The summed E-state index contributed by atoms with van der Waals surface area (Å²) in [4.78, 5) is 12.9. The van der Waals surface area contributed by atoms with Gasteiger partial charge < -0.3 is 5.32 Å². The Hall–Kier alpha value is -1.62. The molecule has 100 valence electrons. The Morgan fingerprint density at radius 2 is 2.05 bits per heavy atom. The van der Waals surface area contributed by atoms with Crippen LogP contribution in [0.2, 0.25) is 0 Å². The van der Waals surface area contributed by atoms with Crippen LogP contribution in [-0.4, -0.2) is 20.7 Å².